The standard InChI is InChI=1S/C23H25N3O.C22H22N2O.C20H26N2O/c27-23(21-9-8-19-5-1-2-6-20(19)17-21)10-12-25-13-15-26(16-14-25)18-22-7-3-4-11-24-22;25-22(19-9-8-17-5-1-2-6-18(17)15-19)11-14-24-13-10-20(16-24)21-7-3-4-12-23-21;1-21(2)19-9-12-22(13-10-19)14-11-20(23)18-8-7-16-5-3-4-6-17(16)15-18/h1-9,11,17H,10,12-16,18H2;1-9,12,15,20H,10-11,13-14,16H2;3-8,15,19H,9-14H2,1-2H3. The van der Waals surface area contributed by atoms with Gasteiger partial charge in [0.15, 0.2) is 17.3 Å². The van der Waals surface area contributed by atoms with Crippen molar-refractivity contribution in [3.8, 4) is 0 Å². The van der Waals surface area contributed by atoms with Crippen molar-refractivity contribution in [3.05, 3.63) is 204 Å². The lowest BCUT2D eigenvalue weighted by atomic mass is 10.0. The lowest BCUT2D eigenvalue weighted by molar-refractivity contribution is 0.0918. The van der Waals surface area contributed by atoms with Crippen LogP contribution < -0.4 is 0 Å². The number of carbonyl (C=O) groups is 3. The van der Waals surface area contributed by atoms with Crippen molar-refractivity contribution in [2.45, 2.75) is 57.0 Å². The third-order valence-corrected chi connectivity index (χ3v) is 15.4. The number of rotatable bonds is 16. The summed E-state index contributed by atoms with van der Waals surface area (Å²) < 4.78 is 0. The molecule has 11 rings (SSSR count). The summed E-state index contributed by atoms with van der Waals surface area (Å²) in [6, 6.07) is 55.5. The molecule has 0 saturated carbocycles. The molecule has 1 atom stereocenters. The third-order valence-electron chi connectivity index (χ3n) is 15.4. The van der Waals surface area contributed by atoms with Gasteiger partial charge >= 0.3 is 0 Å². The molecule has 75 heavy (non-hydrogen) atoms. The highest BCUT2D eigenvalue weighted by Gasteiger charge is 2.25. The van der Waals surface area contributed by atoms with E-state index in [4.69, 9.17) is 0 Å². The van der Waals surface area contributed by atoms with E-state index >= 15 is 0 Å². The molecule has 386 valence electrons. The van der Waals surface area contributed by atoms with Crippen molar-refractivity contribution in [1.82, 2.24) is 34.5 Å². The lowest BCUT2D eigenvalue weighted by Crippen LogP contribution is -2.46. The molecule has 10 heteroatoms. The van der Waals surface area contributed by atoms with E-state index in [1.165, 1.54) is 34.7 Å². The number of aromatic nitrogens is 2. The summed E-state index contributed by atoms with van der Waals surface area (Å²) in [5.74, 6) is 1.21. The Balaban J connectivity index is 0.000000138. The molecular weight excluding hydrogens is 927 g/mol. The van der Waals surface area contributed by atoms with E-state index in [1.54, 1.807) is 0 Å². The fraction of sp³-hybridized carbons (Fsp3) is 0.338. The molecule has 0 radical (unpaired) electrons. The zero-order valence-corrected chi connectivity index (χ0v) is 44.0. The third kappa shape index (κ3) is 15.2. The van der Waals surface area contributed by atoms with Gasteiger partial charge in [0.1, 0.15) is 0 Å². The first-order valence-corrected chi connectivity index (χ1v) is 27.1. The molecule has 8 aromatic rings. The second-order valence-electron chi connectivity index (χ2n) is 20.7. The van der Waals surface area contributed by atoms with Crippen LogP contribution in [0.25, 0.3) is 32.3 Å². The summed E-state index contributed by atoms with van der Waals surface area (Å²) in [6.45, 7) is 11.8. The highest BCUT2D eigenvalue weighted by atomic mass is 16.1. The summed E-state index contributed by atoms with van der Waals surface area (Å²) in [5.41, 5.74) is 4.77. The Hall–Kier alpha value is -6.79. The van der Waals surface area contributed by atoms with Gasteiger partial charge in [-0.25, -0.2) is 0 Å². The van der Waals surface area contributed by atoms with Crippen LogP contribution in [-0.4, -0.2) is 144 Å². The molecule has 5 heterocycles. The van der Waals surface area contributed by atoms with Gasteiger partial charge in [-0.1, -0.05) is 121 Å². The fourth-order valence-electron chi connectivity index (χ4n) is 10.7. The van der Waals surface area contributed by atoms with Gasteiger partial charge in [0, 0.05) is 125 Å². The normalized spacial score (nSPS) is 16.9. The smallest absolute Gasteiger partial charge is 0.164 e. The maximum Gasteiger partial charge on any atom is 0.164 e. The average molecular weight is 1000 g/mol. The van der Waals surface area contributed by atoms with E-state index in [2.05, 4.69) is 97.1 Å². The van der Waals surface area contributed by atoms with Gasteiger partial charge in [-0.2, -0.15) is 0 Å². The van der Waals surface area contributed by atoms with E-state index in [0.717, 1.165) is 124 Å². The quantitative estimate of drug-likeness (QED) is 0.0871. The summed E-state index contributed by atoms with van der Waals surface area (Å²) in [6.07, 6.45) is 9.03. The van der Waals surface area contributed by atoms with Crippen molar-refractivity contribution in [2.24, 2.45) is 0 Å². The summed E-state index contributed by atoms with van der Waals surface area (Å²) in [4.78, 5) is 58.5. The molecule has 3 aliphatic heterocycles. The number of fused-ring (bicyclic) bond motifs is 3. The number of Topliss-reactive ketones (excluding diaryl/α,β-unsaturated/α-hetero) is 3. The molecule has 6 aromatic carbocycles. The fourth-order valence-corrected chi connectivity index (χ4v) is 10.7. The largest absolute Gasteiger partial charge is 0.306 e. The van der Waals surface area contributed by atoms with Gasteiger partial charge in [-0.05, 0) is 128 Å². The first-order chi connectivity index (χ1) is 36.7. The minimum absolute atomic E-state index is 0.229. The molecule has 0 N–H and O–H groups in total. The topological polar surface area (TPSA) is 93.2 Å². The van der Waals surface area contributed by atoms with Crippen LogP contribution in [0.1, 0.15) is 86.9 Å². The van der Waals surface area contributed by atoms with Crippen LogP contribution in [0, 0.1) is 0 Å². The van der Waals surface area contributed by atoms with Crippen LogP contribution in [-0.2, 0) is 6.54 Å². The number of hydrogen-bond donors (Lipinski definition) is 0. The molecule has 2 aromatic heterocycles. The molecule has 0 spiro atoms. The zero-order chi connectivity index (χ0) is 51.8. The van der Waals surface area contributed by atoms with Crippen molar-refractivity contribution in [1.29, 1.82) is 0 Å². The van der Waals surface area contributed by atoms with Gasteiger partial charge in [-0.15, -0.1) is 0 Å². The highest BCUT2D eigenvalue weighted by Crippen LogP contribution is 2.26. The van der Waals surface area contributed by atoms with E-state index in [9.17, 15) is 14.4 Å². The molecule has 1 unspecified atom stereocenters. The number of hydrogen-bond acceptors (Lipinski definition) is 10. The van der Waals surface area contributed by atoms with Gasteiger partial charge in [0.25, 0.3) is 0 Å². The van der Waals surface area contributed by atoms with E-state index < -0.39 is 0 Å². The number of nitrogens with zero attached hydrogens (tertiary/aromatic N) is 7. The molecular formula is C65H73N7O3. The number of piperazine rings is 1. The van der Waals surface area contributed by atoms with Crippen LogP contribution in [0.4, 0.5) is 0 Å². The van der Waals surface area contributed by atoms with Gasteiger partial charge < -0.3 is 19.6 Å². The number of likely N-dealkylation sites (tertiary alicyclic amines) is 2. The van der Waals surface area contributed by atoms with Gasteiger partial charge in [0.2, 0.25) is 0 Å². The minimum Gasteiger partial charge on any atom is -0.306 e. The Morgan fingerprint density at radius 1 is 0.440 bits per heavy atom. The van der Waals surface area contributed by atoms with Crippen LogP contribution in [0.15, 0.2) is 176 Å². The second-order valence-corrected chi connectivity index (χ2v) is 20.7. The Morgan fingerprint density at radius 3 is 1.31 bits per heavy atom. The van der Waals surface area contributed by atoms with Crippen molar-refractivity contribution >= 4 is 49.7 Å². The number of ketones is 3. The molecule has 0 amide bonds. The number of pyridine rings is 2. The summed E-state index contributed by atoms with van der Waals surface area (Å²) in [5, 5.41) is 6.95. The van der Waals surface area contributed by atoms with Gasteiger partial charge in [-0.3, -0.25) is 29.3 Å². The lowest BCUT2D eigenvalue weighted by Gasteiger charge is -2.35. The van der Waals surface area contributed by atoms with Crippen molar-refractivity contribution < 1.29 is 14.4 Å². The van der Waals surface area contributed by atoms with E-state index in [0.29, 0.717) is 31.2 Å². The maximum atomic E-state index is 12.6. The number of piperidine rings is 1. The predicted octanol–water partition coefficient (Wildman–Crippen LogP) is 11.4. The molecule has 3 aliphatic rings. The molecule has 0 bridgehead atoms. The highest BCUT2D eigenvalue weighted by molar-refractivity contribution is 6.01. The minimum atomic E-state index is 0.229. The average Bonchev–Trinajstić information content (AvgIpc) is 3.95. The molecule has 3 saturated heterocycles. The Labute approximate surface area is 444 Å². The van der Waals surface area contributed by atoms with Crippen molar-refractivity contribution in [3.63, 3.8) is 0 Å². The molecule has 10 nitrogen and oxygen atoms in total. The first-order valence-electron chi connectivity index (χ1n) is 27.1. The predicted molar refractivity (Wildman–Crippen MR) is 306 cm³/mol. The van der Waals surface area contributed by atoms with Crippen LogP contribution in [0.2, 0.25) is 0 Å². The van der Waals surface area contributed by atoms with E-state index in [1.807, 2.05) is 128 Å². The van der Waals surface area contributed by atoms with Crippen molar-refractivity contribution in [2.75, 3.05) is 86.1 Å². The molecule has 3 fully saturated rings. The monoisotopic (exact) mass is 1000 g/mol. The van der Waals surface area contributed by atoms with Gasteiger partial charge in [0.05, 0.1) is 5.69 Å². The first kappa shape index (κ1) is 53.1. The zero-order valence-electron chi connectivity index (χ0n) is 44.0. The Bertz CT molecular complexity index is 3110. The Kier molecular flexibility index (Phi) is 18.8. The van der Waals surface area contributed by atoms with Crippen LogP contribution in [0.3, 0.4) is 0 Å². The van der Waals surface area contributed by atoms with E-state index in [-0.39, 0.29) is 17.3 Å². The summed E-state index contributed by atoms with van der Waals surface area (Å²) >= 11 is 0. The SMILES string of the molecule is CN(C)C1CCN(CCC(=O)c2ccc3ccccc3c2)CC1.O=C(CCN1CCC(c2ccccn2)C1)c1ccc2ccccc2c1.O=C(CCN1CCN(Cc2ccccn2)CC1)c1ccc2ccccc2c1. The van der Waals surface area contributed by atoms with Crippen LogP contribution in [0.5, 0.6) is 0 Å². The maximum absolute atomic E-state index is 12.6. The van der Waals surface area contributed by atoms with Crippen LogP contribution >= 0.6 is 0 Å². The summed E-state index contributed by atoms with van der Waals surface area (Å²) in [7, 11) is 4.31. The second kappa shape index (κ2) is 26.6. The molecule has 0 aliphatic carbocycles. The Morgan fingerprint density at radius 2 is 0.853 bits per heavy atom. The number of benzene rings is 6. The number of carbonyl (C=O) groups excluding carboxylic acids is 3.